The Morgan fingerprint density at radius 2 is 2.00 bits per heavy atom. The van der Waals surface area contributed by atoms with E-state index in [0.29, 0.717) is 17.6 Å². The molecule has 0 aromatic rings. The van der Waals surface area contributed by atoms with Gasteiger partial charge >= 0.3 is 0 Å². The Bertz CT molecular complexity index is 255. The third-order valence-electron chi connectivity index (χ3n) is 3.17. The first-order chi connectivity index (χ1) is 5.48. The first-order valence-corrected chi connectivity index (χ1v) is 4.72. The van der Waals surface area contributed by atoms with E-state index in [1.165, 1.54) is 12.0 Å². The zero-order chi connectivity index (χ0) is 8.93. The molecule has 2 atom stereocenters. The van der Waals surface area contributed by atoms with E-state index in [9.17, 15) is 4.79 Å². The van der Waals surface area contributed by atoms with Crippen molar-refractivity contribution >= 4 is 5.78 Å². The highest BCUT2D eigenvalue weighted by atomic mass is 16.1. The topological polar surface area (TPSA) is 17.1 Å². The van der Waals surface area contributed by atoms with E-state index < -0.39 is 0 Å². The average Bonchev–Trinajstić information content (AvgIpc) is 2.24. The summed E-state index contributed by atoms with van der Waals surface area (Å²) in [5.41, 5.74) is 1.76. The van der Waals surface area contributed by atoms with Crippen molar-refractivity contribution in [3.05, 3.63) is 11.6 Å². The lowest BCUT2D eigenvalue weighted by molar-refractivity contribution is -0.130. The number of Topliss-reactive ketones (excluding diaryl/α,β-unsaturated/α-hetero) is 1. The van der Waals surface area contributed by atoms with Gasteiger partial charge in [0.15, 0.2) is 0 Å². The molecule has 2 aliphatic rings. The molecule has 1 fully saturated rings. The van der Waals surface area contributed by atoms with Crippen molar-refractivity contribution in [1.29, 1.82) is 0 Å². The summed E-state index contributed by atoms with van der Waals surface area (Å²) in [5, 5.41) is 0. The van der Waals surface area contributed by atoms with Gasteiger partial charge in [-0.2, -0.15) is 0 Å². The molecule has 0 N–H and O–H groups in total. The minimum Gasteiger partial charge on any atom is -0.299 e. The van der Waals surface area contributed by atoms with E-state index in [2.05, 4.69) is 26.8 Å². The maximum Gasteiger partial charge on any atom is 0.140 e. The summed E-state index contributed by atoms with van der Waals surface area (Å²) < 4.78 is 0. The summed E-state index contributed by atoms with van der Waals surface area (Å²) >= 11 is 0. The standard InChI is InChI=1S/C11H16O/c1-11(2,3)8-4-7-5-10(12)9(7)6-8/h6-7,9H,4-5H2,1-3H3/t7-,9-/m0/s1. The van der Waals surface area contributed by atoms with E-state index in [0.717, 1.165) is 6.42 Å². The Kier molecular flexibility index (Phi) is 1.48. The Hall–Kier alpha value is -0.590. The van der Waals surface area contributed by atoms with E-state index in [1.54, 1.807) is 0 Å². The molecule has 66 valence electrons. The molecule has 0 radical (unpaired) electrons. The van der Waals surface area contributed by atoms with Gasteiger partial charge in [-0.25, -0.2) is 0 Å². The normalized spacial score (nSPS) is 34.2. The van der Waals surface area contributed by atoms with Crippen LogP contribution in [0.3, 0.4) is 0 Å². The summed E-state index contributed by atoms with van der Waals surface area (Å²) in [6.45, 7) is 6.69. The molecule has 0 spiro atoms. The molecule has 2 rings (SSSR count). The van der Waals surface area contributed by atoms with Gasteiger partial charge in [0.1, 0.15) is 5.78 Å². The van der Waals surface area contributed by atoms with E-state index in [1.807, 2.05) is 0 Å². The zero-order valence-electron chi connectivity index (χ0n) is 8.05. The van der Waals surface area contributed by atoms with Crippen molar-refractivity contribution in [2.24, 2.45) is 17.3 Å². The number of rotatable bonds is 0. The van der Waals surface area contributed by atoms with Crippen LogP contribution in [-0.4, -0.2) is 5.78 Å². The van der Waals surface area contributed by atoms with Gasteiger partial charge < -0.3 is 0 Å². The lowest BCUT2D eigenvalue weighted by atomic mass is 9.74. The molecule has 1 saturated carbocycles. The minimum atomic E-state index is 0.275. The van der Waals surface area contributed by atoms with E-state index in [4.69, 9.17) is 0 Å². The number of carbonyl (C=O) groups is 1. The van der Waals surface area contributed by atoms with Crippen LogP contribution in [0.5, 0.6) is 0 Å². The van der Waals surface area contributed by atoms with Crippen LogP contribution in [0.4, 0.5) is 0 Å². The second-order valence-corrected chi connectivity index (χ2v) is 5.10. The Morgan fingerprint density at radius 3 is 2.42 bits per heavy atom. The summed E-state index contributed by atoms with van der Waals surface area (Å²) in [6.07, 6.45) is 4.22. The molecule has 0 unspecified atom stereocenters. The van der Waals surface area contributed by atoms with Crippen molar-refractivity contribution in [3.63, 3.8) is 0 Å². The highest BCUT2D eigenvalue weighted by Crippen LogP contribution is 2.47. The van der Waals surface area contributed by atoms with Gasteiger partial charge in [0.25, 0.3) is 0 Å². The molecule has 0 amide bonds. The molecule has 0 heterocycles. The highest BCUT2D eigenvalue weighted by molar-refractivity contribution is 5.90. The van der Waals surface area contributed by atoms with Crippen LogP contribution in [0.1, 0.15) is 33.6 Å². The van der Waals surface area contributed by atoms with Crippen molar-refractivity contribution in [3.8, 4) is 0 Å². The van der Waals surface area contributed by atoms with Gasteiger partial charge in [-0.05, 0) is 17.8 Å². The summed E-state index contributed by atoms with van der Waals surface area (Å²) in [5.74, 6) is 1.44. The lowest BCUT2D eigenvalue weighted by Crippen LogP contribution is -2.32. The predicted octanol–water partition coefficient (Wildman–Crippen LogP) is 2.57. The van der Waals surface area contributed by atoms with Gasteiger partial charge in [-0.1, -0.05) is 32.4 Å². The Balaban J connectivity index is 2.17. The smallest absolute Gasteiger partial charge is 0.140 e. The molecule has 0 bridgehead atoms. The van der Waals surface area contributed by atoms with Crippen LogP contribution in [-0.2, 0) is 4.79 Å². The quantitative estimate of drug-likeness (QED) is 0.503. The molecule has 1 heteroatoms. The monoisotopic (exact) mass is 164 g/mol. The molecule has 0 aromatic carbocycles. The van der Waals surface area contributed by atoms with Crippen molar-refractivity contribution in [1.82, 2.24) is 0 Å². The second-order valence-electron chi connectivity index (χ2n) is 5.10. The van der Waals surface area contributed by atoms with E-state index in [-0.39, 0.29) is 5.41 Å². The zero-order valence-corrected chi connectivity index (χ0v) is 8.05. The Morgan fingerprint density at radius 1 is 1.33 bits per heavy atom. The maximum atomic E-state index is 11.1. The van der Waals surface area contributed by atoms with Gasteiger partial charge in [0, 0.05) is 12.3 Å². The molecule has 12 heavy (non-hydrogen) atoms. The van der Waals surface area contributed by atoms with Crippen LogP contribution < -0.4 is 0 Å². The number of ketones is 1. The van der Waals surface area contributed by atoms with Crippen molar-refractivity contribution in [2.75, 3.05) is 0 Å². The SMILES string of the molecule is CC(C)(C)C1=C[C@@H]2C(=O)C[C@@H]2C1. The average molecular weight is 164 g/mol. The number of hydrogen-bond donors (Lipinski definition) is 0. The number of hydrogen-bond acceptors (Lipinski definition) is 1. The third-order valence-corrected chi connectivity index (χ3v) is 3.17. The third kappa shape index (κ3) is 1.03. The molecule has 0 saturated heterocycles. The van der Waals surface area contributed by atoms with Crippen LogP contribution in [0.2, 0.25) is 0 Å². The van der Waals surface area contributed by atoms with Gasteiger partial charge in [0.2, 0.25) is 0 Å². The fourth-order valence-corrected chi connectivity index (χ4v) is 2.18. The summed E-state index contributed by atoms with van der Waals surface area (Å²) in [7, 11) is 0. The van der Waals surface area contributed by atoms with Crippen LogP contribution in [0.15, 0.2) is 11.6 Å². The van der Waals surface area contributed by atoms with Crippen LogP contribution in [0, 0.1) is 17.3 Å². The first-order valence-electron chi connectivity index (χ1n) is 4.72. The van der Waals surface area contributed by atoms with Crippen LogP contribution in [0.25, 0.3) is 0 Å². The second kappa shape index (κ2) is 2.21. The molecule has 0 aliphatic heterocycles. The molecular weight excluding hydrogens is 148 g/mol. The summed E-state index contributed by atoms with van der Waals surface area (Å²) in [6, 6.07) is 0. The van der Waals surface area contributed by atoms with E-state index >= 15 is 0 Å². The molecular formula is C11H16O. The maximum absolute atomic E-state index is 11.1. The molecule has 2 aliphatic carbocycles. The van der Waals surface area contributed by atoms with Gasteiger partial charge in [-0.15, -0.1) is 0 Å². The van der Waals surface area contributed by atoms with Crippen LogP contribution >= 0.6 is 0 Å². The highest BCUT2D eigenvalue weighted by Gasteiger charge is 2.44. The number of fused-ring (bicyclic) bond motifs is 1. The fourth-order valence-electron chi connectivity index (χ4n) is 2.18. The lowest BCUT2D eigenvalue weighted by Gasteiger charge is -2.28. The Labute approximate surface area is 73.8 Å². The number of allylic oxidation sites excluding steroid dienone is 2. The van der Waals surface area contributed by atoms with Crippen molar-refractivity contribution < 1.29 is 4.79 Å². The van der Waals surface area contributed by atoms with Gasteiger partial charge in [-0.3, -0.25) is 4.79 Å². The predicted molar refractivity (Wildman–Crippen MR) is 48.8 cm³/mol. The first kappa shape index (κ1) is 8.03. The molecule has 0 aromatic heterocycles. The number of carbonyl (C=O) groups excluding carboxylic acids is 1. The largest absolute Gasteiger partial charge is 0.299 e. The molecule has 1 nitrogen and oxygen atoms in total. The summed E-state index contributed by atoms with van der Waals surface area (Å²) in [4.78, 5) is 11.1. The fraction of sp³-hybridized carbons (Fsp3) is 0.727. The van der Waals surface area contributed by atoms with Gasteiger partial charge in [0.05, 0.1) is 0 Å². The van der Waals surface area contributed by atoms with Crippen molar-refractivity contribution in [2.45, 2.75) is 33.6 Å². The minimum absolute atomic E-state index is 0.275.